The molecule has 1 aromatic heterocycles. The molecule has 9 nitrogen and oxygen atoms in total. The number of nitrogens with zero attached hydrogens (tertiary/aromatic N) is 5. The number of benzene rings is 2. The van der Waals surface area contributed by atoms with Crippen LogP contribution >= 0.6 is 0 Å². The number of carbonyl (C=O) groups is 2. The highest BCUT2D eigenvalue weighted by molar-refractivity contribution is 5.93. The van der Waals surface area contributed by atoms with Gasteiger partial charge >= 0.3 is 0 Å². The first-order valence-electron chi connectivity index (χ1n) is 10.2. The van der Waals surface area contributed by atoms with E-state index in [1.165, 1.54) is 4.80 Å². The van der Waals surface area contributed by atoms with Crippen molar-refractivity contribution in [2.45, 2.75) is 25.8 Å². The van der Waals surface area contributed by atoms with Crippen LogP contribution in [0.2, 0.25) is 0 Å². The highest BCUT2D eigenvalue weighted by Crippen LogP contribution is 2.15. The van der Waals surface area contributed by atoms with Gasteiger partial charge in [-0.15, -0.1) is 10.2 Å². The van der Waals surface area contributed by atoms with Crippen LogP contribution < -0.4 is 10.6 Å². The molecule has 0 saturated heterocycles. The highest BCUT2D eigenvalue weighted by atomic mass is 16.2. The van der Waals surface area contributed by atoms with Crippen LogP contribution in [0.3, 0.4) is 0 Å². The highest BCUT2D eigenvalue weighted by Gasteiger charge is 2.08. The number of aromatic nitrogens is 4. The fourth-order valence-corrected chi connectivity index (χ4v) is 2.83. The van der Waals surface area contributed by atoms with Crippen molar-refractivity contribution in [1.29, 1.82) is 0 Å². The Bertz CT molecular complexity index is 985. The van der Waals surface area contributed by atoms with Gasteiger partial charge in [-0.2, -0.15) is 4.80 Å². The molecule has 0 radical (unpaired) electrons. The SMILES string of the molecule is CN(C)CCC(=O)Nc1ccc(NC(=O)CCCn2nnc(-c3ccccc3)n2)cc1. The van der Waals surface area contributed by atoms with E-state index in [-0.39, 0.29) is 11.8 Å². The second-order valence-corrected chi connectivity index (χ2v) is 7.41. The summed E-state index contributed by atoms with van der Waals surface area (Å²) in [4.78, 5) is 27.5. The number of amides is 2. The summed E-state index contributed by atoms with van der Waals surface area (Å²) in [6, 6.07) is 16.7. The molecule has 3 aromatic rings. The molecule has 0 aliphatic heterocycles. The Morgan fingerprint density at radius 3 is 2.13 bits per heavy atom. The maximum absolute atomic E-state index is 12.2. The fourth-order valence-electron chi connectivity index (χ4n) is 2.83. The Balaban J connectivity index is 1.40. The molecule has 2 aromatic carbocycles. The molecule has 0 aliphatic carbocycles. The number of anilines is 2. The largest absolute Gasteiger partial charge is 0.326 e. The first-order chi connectivity index (χ1) is 15.0. The summed E-state index contributed by atoms with van der Waals surface area (Å²) in [5.74, 6) is 0.438. The zero-order valence-corrected chi connectivity index (χ0v) is 17.8. The monoisotopic (exact) mass is 421 g/mol. The zero-order valence-electron chi connectivity index (χ0n) is 17.8. The van der Waals surface area contributed by atoms with Crippen molar-refractivity contribution in [2.75, 3.05) is 31.3 Å². The van der Waals surface area contributed by atoms with E-state index in [2.05, 4.69) is 26.0 Å². The molecule has 31 heavy (non-hydrogen) atoms. The van der Waals surface area contributed by atoms with Crippen LogP contribution in [0.15, 0.2) is 54.6 Å². The Hall–Kier alpha value is -3.59. The molecule has 2 N–H and O–H groups in total. The lowest BCUT2D eigenvalue weighted by Gasteiger charge is -2.10. The number of nitrogens with one attached hydrogen (secondary N) is 2. The minimum Gasteiger partial charge on any atom is -0.326 e. The standard InChI is InChI=1S/C22H27N7O2/c1-28(2)16-14-21(31)24-19-12-10-18(11-13-19)23-20(30)9-6-15-29-26-22(25-27-29)17-7-4-3-5-8-17/h3-5,7-8,10-13H,6,9,14-16H2,1-2H3,(H,23,30)(H,24,31). The Morgan fingerprint density at radius 1 is 0.903 bits per heavy atom. The summed E-state index contributed by atoms with van der Waals surface area (Å²) in [5, 5.41) is 18.1. The second kappa shape index (κ2) is 11.0. The van der Waals surface area contributed by atoms with Gasteiger partial charge in [0.25, 0.3) is 0 Å². The van der Waals surface area contributed by atoms with Gasteiger partial charge in [-0.25, -0.2) is 0 Å². The van der Waals surface area contributed by atoms with Crippen molar-refractivity contribution in [1.82, 2.24) is 25.1 Å². The lowest BCUT2D eigenvalue weighted by Crippen LogP contribution is -2.20. The molecule has 0 aliphatic rings. The van der Waals surface area contributed by atoms with Crippen LogP contribution in [-0.2, 0) is 16.1 Å². The van der Waals surface area contributed by atoms with Gasteiger partial charge in [0, 0.05) is 36.3 Å². The van der Waals surface area contributed by atoms with Gasteiger partial charge in [-0.3, -0.25) is 9.59 Å². The van der Waals surface area contributed by atoms with E-state index >= 15 is 0 Å². The molecular weight excluding hydrogens is 394 g/mol. The molecule has 3 rings (SSSR count). The molecule has 2 amide bonds. The topological polar surface area (TPSA) is 105 Å². The Labute approximate surface area is 181 Å². The maximum atomic E-state index is 12.2. The molecule has 9 heteroatoms. The van der Waals surface area contributed by atoms with Gasteiger partial charge in [0.05, 0.1) is 6.54 Å². The summed E-state index contributed by atoms with van der Waals surface area (Å²) < 4.78 is 0. The Morgan fingerprint density at radius 2 is 1.52 bits per heavy atom. The Kier molecular flexibility index (Phi) is 7.83. The number of hydrogen-bond acceptors (Lipinski definition) is 6. The van der Waals surface area contributed by atoms with E-state index in [4.69, 9.17) is 0 Å². The van der Waals surface area contributed by atoms with Crippen LogP contribution in [0.25, 0.3) is 11.4 Å². The maximum Gasteiger partial charge on any atom is 0.225 e. The van der Waals surface area contributed by atoms with E-state index in [0.29, 0.717) is 49.6 Å². The number of hydrogen-bond donors (Lipinski definition) is 2. The molecule has 0 saturated carbocycles. The minimum atomic E-state index is -0.0915. The van der Waals surface area contributed by atoms with E-state index in [0.717, 1.165) is 5.56 Å². The predicted molar refractivity (Wildman–Crippen MR) is 119 cm³/mol. The third-order valence-electron chi connectivity index (χ3n) is 4.49. The van der Waals surface area contributed by atoms with Gasteiger partial charge in [0.1, 0.15) is 0 Å². The van der Waals surface area contributed by atoms with Gasteiger partial charge in [0.2, 0.25) is 17.6 Å². The summed E-state index contributed by atoms with van der Waals surface area (Å²) in [6.45, 7) is 1.20. The summed E-state index contributed by atoms with van der Waals surface area (Å²) in [5.41, 5.74) is 2.29. The minimum absolute atomic E-state index is 0.0392. The van der Waals surface area contributed by atoms with Crippen molar-refractivity contribution >= 4 is 23.2 Å². The molecule has 1 heterocycles. The lowest BCUT2D eigenvalue weighted by atomic mass is 10.2. The fraction of sp³-hybridized carbons (Fsp3) is 0.318. The second-order valence-electron chi connectivity index (χ2n) is 7.41. The third kappa shape index (κ3) is 7.31. The molecule has 0 unspecified atom stereocenters. The van der Waals surface area contributed by atoms with Gasteiger partial charge in [-0.05, 0) is 50.0 Å². The number of carbonyl (C=O) groups excluding carboxylic acids is 2. The van der Waals surface area contributed by atoms with E-state index in [1.54, 1.807) is 24.3 Å². The molecule has 0 fully saturated rings. The number of tetrazole rings is 1. The van der Waals surface area contributed by atoms with Crippen LogP contribution in [0.1, 0.15) is 19.3 Å². The molecule has 0 spiro atoms. The van der Waals surface area contributed by atoms with Gasteiger partial charge in [-0.1, -0.05) is 30.3 Å². The van der Waals surface area contributed by atoms with Crippen molar-refractivity contribution < 1.29 is 9.59 Å². The molecular formula is C22H27N7O2. The first-order valence-corrected chi connectivity index (χ1v) is 10.2. The number of aryl methyl sites for hydroxylation is 1. The number of rotatable bonds is 10. The average Bonchev–Trinajstić information content (AvgIpc) is 3.23. The summed E-state index contributed by atoms with van der Waals surface area (Å²) in [6.07, 6.45) is 1.36. The summed E-state index contributed by atoms with van der Waals surface area (Å²) >= 11 is 0. The van der Waals surface area contributed by atoms with Crippen LogP contribution in [0, 0.1) is 0 Å². The van der Waals surface area contributed by atoms with E-state index < -0.39 is 0 Å². The predicted octanol–water partition coefficient (Wildman–Crippen LogP) is 2.65. The normalized spacial score (nSPS) is 10.8. The quantitative estimate of drug-likeness (QED) is 0.521. The smallest absolute Gasteiger partial charge is 0.225 e. The van der Waals surface area contributed by atoms with Crippen molar-refractivity contribution in [3.63, 3.8) is 0 Å². The van der Waals surface area contributed by atoms with Crippen molar-refractivity contribution in [3.05, 3.63) is 54.6 Å². The van der Waals surface area contributed by atoms with Crippen LogP contribution in [-0.4, -0.2) is 57.6 Å². The van der Waals surface area contributed by atoms with E-state index in [9.17, 15) is 9.59 Å². The molecule has 0 atom stereocenters. The van der Waals surface area contributed by atoms with Crippen molar-refractivity contribution in [2.24, 2.45) is 0 Å². The average molecular weight is 422 g/mol. The first kappa shape index (κ1) is 22.1. The molecule has 0 bridgehead atoms. The van der Waals surface area contributed by atoms with Gasteiger partial charge < -0.3 is 15.5 Å². The molecule has 162 valence electrons. The zero-order chi connectivity index (χ0) is 22.1. The van der Waals surface area contributed by atoms with E-state index in [1.807, 2.05) is 49.3 Å². The third-order valence-corrected chi connectivity index (χ3v) is 4.49. The van der Waals surface area contributed by atoms with Crippen molar-refractivity contribution in [3.8, 4) is 11.4 Å². The van der Waals surface area contributed by atoms with Crippen LogP contribution in [0.4, 0.5) is 11.4 Å². The summed E-state index contributed by atoms with van der Waals surface area (Å²) in [7, 11) is 3.85. The van der Waals surface area contributed by atoms with Crippen LogP contribution in [0.5, 0.6) is 0 Å². The van der Waals surface area contributed by atoms with Gasteiger partial charge in [0.15, 0.2) is 0 Å². The lowest BCUT2D eigenvalue weighted by molar-refractivity contribution is -0.117.